The first-order valence-electron chi connectivity index (χ1n) is 13.2. The predicted octanol–water partition coefficient (Wildman–Crippen LogP) is 2.66. The van der Waals surface area contributed by atoms with Crippen LogP contribution in [0, 0.1) is 17.2 Å². The van der Waals surface area contributed by atoms with Crippen molar-refractivity contribution in [3.05, 3.63) is 151 Å². The minimum atomic E-state index is -4.94. The highest BCUT2D eigenvalue weighted by Crippen LogP contribution is 2.56. The van der Waals surface area contributed by atoms with Gasteiger partial charge in [0.05, 0.1) is 0 Å². The van der Waals surface area contributed by atoms with E-state index in [4.69, 9.17) is 28.0 Å². The summed E-state index contributed by atoms with van der Waals surface area (Å²) in [6.07, 6.45) is 0. The van der Waals surface area contributed by atoms with Gasteiger partial charge in [0.15, 0.2) is 7.26 Å². The highest BCUT2D eigenvalue weighted by molar-refractivity contribution is 8.04. The highest BCUT2D eigenvalue weighted by atomic mass is 35.7. The van der Waals surface area contributed by atoms with Gasteiger partial charge in [-0.05, 0) is 79.3 Å². The van der Waals surface area contributed by atoms with Crippen molar-refractivity contribution in [1.29, 1.82) is 0 Å². The van der Waals surface area contributed by atoms with Crippen molar-refractivity contribution < 1.29 is 33.3 Å². The zero-order chi connectivity index (χ0) is 30.3. The fourth-order valence-electron chi connectivity index (χ4n) is 4.76. The van der Waals surface area contributed by atoms with Crippen molar-refractivity contribution in [2.75, 3.05) is 0 Å². The van der Waals surface area contributed by atoms with Crippen LogP contribution < -0.4 is 40.0 Å². The molecule has 0 unspecified atom stereocenters. The first-order valence-corrected chi connectivity index (χ1v) is 17.1. The average molecular weight is 628 g/mol. The Kier molecular flexibility index (Phi) is 9.76. The molecule has 0 saturated carbocycles. The standard InChI is InChI=1S/C34H27NOPS.ClHO4/c1-26-22-24-27(25-23-26)32-35-33(34(36-32)38-31-20-12-5-13-21-31)37(28-14-6-2-7-15-28,29-16-8-3-9-17-29)30-18-10-4-11-19-30;2-1(3,4)5/h2-25H,1H3;(H,2,3,4,5)/q+1;/p-1. The largest absolute Gasteiger partial charge is 0.425 e. The van der Waals surface area contributed by atoms with Gasteiger partial charge in [-0.15, -0.1) is 10.2 Å². The van der Waals surface area contributed by atoms with Crippen LogP contribution in [0.25, 0.3) is 11.5 Å². The van der Waals surface area contributed by atoms with Crippen molar-refractivity contribution >= 4 is 40.4 Å². The van der Waals surface area contributed by atoms with Gasteiger partial charge in [0.25, 0.3) is 5.44 Å². The van der Waals surface area contributed by atoms with Crippen LogP contribution in [0.3, 0.4) is 0 Å². The molecule has 0 fully saturated rings. The minimum Gasteiger partial charge on any atom is -0.425 e. The molecule has 1 aromatic heterocycles. The summed E-state index contributed by atoms with van der Waals surface area (Å²) in [7, 11) is -7.36. The quantitative estimate of drug-likeness (QED) is 0.250. The van der Waals surface area contributed by atoms with Gasteiger partial charge < -0.3 is 4.42 Å². The van der Waals surface area contributed by atoms with Gasteiger partial charge in [-0.1, -0.05) is 90.5 Å². The number of hydrogen-bond donors (Lipinski definition) is 0. The van der Waals surface area contributed by atoms with E-state index in [1.165, 1.54) is 21.5 Å². The molecule has 216 valence electrons. The van der Waals surface area contributed by atoms with Gasteiger partial charge in [-0.2, -0.15) is 4.98 Å². The van der Waals surface area contributed by atoms with Crippen LogP contribution in [0.15, 0.2) is 160 Å². The third-order valence-corrected chi connectivity index (χ3v) is 11.9. The van der Waals surface area contributed by atoms with E-state index in [0.29, 0.717) is 5.89 Å². The second-order valence-corrected chi connectivity index (χ2v) is 14.6. The summed E-state index contributed by atoms with van der Waals surface area (Å²) >= 11 is 1.64. The summed E-state index contributed by atoms with van der Waals surface area (Å²) in [5.74, 6) is 0.644. The zero-order valence-corrected chi connectivity index (χ0v) is 25.5. The minimum absolute atomic E-state index is 0.644. The van der Waals surface area contributed by atoms with E-state index in [0.717, 1.165) is 21.0 Å². The van der Waals surface area contributed by atoms with Crippen molar-refractivity contribution in [3.63, 3.8) is 0 Å². The maximum Gasteiger partial charge on any atom is 0.251 e. The lowest BCUT2D eigenvalue weighted by atomic mass is 10.1. The molecular weight excluding hydrogens is 601 g/mol. The summed E-state index contributed by atoms with van der Waals surface area (Å²) in [5.41, 5.74) is 3.17. The smallest absolute Gasteiger partial charge is 0.251 e. The lowest BCUT2D eigenvalue weighted by Gasteiger charge is -2.25. The van der Waals surface area contributed by atoms with E-state index in [1.807, 2.05) is 6.07 Å². The number of nitrogens with zero attached hydrogens (tertiary/aromatic N) is 1. The molecule has 0 saturated heterocycles. The number of oxazole rings is 1. The molecule has 0 radical (unpaired) electrons. The zero-order valence-electron chi connectivity index (χ0n) is 23.1. The molecule has 0 bridgehead atoms. The Morgan fingerprint density at radius 1 is 0.581 bits per heavy atom. The van der Waals surface area contributed by atoms with Crippen LogP contribution in [-0.4, -0.2) is 4.98 Å². The molecule has 6 rings (SSSR count). The second kappa shape index (κ2) is 13.7. The Hall–Kier alpha value is -3.78. The van der Waals surface area contributed by atoms with Crippen LogP contribution in [-0.2, 0) is 0 Å². The number of aromatic nitrogens is 1. The number of benzene rings is 5. The highest BCUT2D eigenvalue weighted by Gasteiger charge is 2.53. The lowest BCUT2D eigenvalue weighted by molar-refractivity contribution is -2.00. The van der Waals surface area contributed by atoms with E-state index in [1.54, 1.807) is 11.8 Å². The lowest BCUT2D eigenvalue weighted by Crippen LogP contribution is -2.68. The molecule has 9 heteroatoms. The number of halogens is 1. The van der Waals surface area contributed by atoms with Gasteiger partial charge >= 0.3 is 0 Å². The molecular formula is C34H27ClNO5PS. The molecule has 6 nitrogen and oxygen atoms in total. The van der Waals surface area contributed by atoms with Crippen LogP contribution in [0.5, 0.6) is 0 Å². The van der Waals surface area contributed by atoms with Crippen molar-refractivity contribution in [2.24, 2.45) is 0 Å². The molecule has 5 aromatic carbocycles. The van der Waals surface area contributed by atoms with E-state index < -0.39 is 17.5 Å². The first kappa shape index (κ1) is 30.7. The van der Waals surface area contributed by atoms with Crippen LogP contribution in [0.4, 0.5) is 0 Å². The Labute approximate surface area is 257 Å². The normalized spacial score (nSPS) is 11.5. The van der Waals surface area contributed by atoms with Crippen LogP contribution >= 0.6 is 19.0 Å². The van der Waals surface area contributed by atoms with E-state index in [-0.39, 0.29) is 0 Å². The summed E-state index contributed by atoms with van der Waals surface area (Å²) in [4.78, 5) is 6.49. The van der Waals surface area contributed by atoms with Gasteiger partial charge in [-0.3, -0.25) is 0 Å². The summed E-state index contributed by atoms with van der Waals surface area (Å²) in [5, 5.41) is 4.57. The fraction of sp³-hybridized carbons (Fsp3) is 0.0294. The van der Waals surface area contributed by atoms with E-state index in [9.17, 15) is 0 Å². The summed E-state index contributed by atoms with van der Waals surface area (Å²) in [6.45, 7) is 2.10. The maximum atomic E-state index is 8.49. The molecule has 0 aliphatic rings. The van der Waals surface area contributed by atoms with Gasteiger partial charge in [0.2, 0.25) is 11.0 Å². The van der Waals surface area contributed by atoms with Crippen LogP contribution in [0.2, 0.25) is 0 Å². The molecule has 0 aliphatic heterocycles. The molecule has 0 amide bonds. The van der Waals surface area contributed by atoms with Crippen LogP contribution in [0.1, 0.15) is 5.56 Å². The second-order valence-electron chi connectivity index (χ2n) is 9.47. The summed E-state index contributed by atoms with van der Waals surface area (Å²) in [6, 6.07) is 51.2. The predicted molar refractivity (Wildman–Crippen MR) is 162 cm³/mol. The van der Waals surface area contributed by atoms with E-state index >= 15 is 0 Å². The van der Waals surface area contributed by atoms with Gasteiger partial charge in [0.1, 0.15) is 15.9 Å². The maximum absolute atomic E-state index is 8.49. The Morgan fingerprint density at radius 3 is 1.40 bits per heavy atom. The Bertz CT molecular complexity index is 1630. The topological polar surface area (TPSA) is 118 Å². The van der Waals surface area contributed by atoms with Gasteiger partial charge in [-0.25, -0.2) is 18.6 Å². The Balaban J connectivity index is 0.000000682. The van der Waals surface area contributed by atoms with Crippen molar-refractivity contribution in [1.82, 2.24) is 4.98 Å². The third-order valence-electron chi connectivity index (χ3n) is 6.58. The first-order chi connectivity index (χ1) is 20.7. The van der Waals surface area contributed by atoms with Crippen molar-refractivity contribution in [2.45, 2.75) is 16.9 Å². The summed E-state index contributed by atoms with van der Waals surface area (Å²) < 4.78 is 40.7. The number of hydrogen-bond acceptors (Lipinski definition) is 7. The average Bonchev–Trinajstić information content (AvgIpc) is 3.43. The van der Waals surface area contributed by atoms with Crippen molar-refractivity contribution in [3.8, 4) is 11.5 Å². The fourth-order valence-corrected chi connectivity index (χ4v) is 10.1. The third kappa shape index (κ3) is 7.42. The van der Waals surface area contributed by atoms with E-state index in [2.05, 4.69) is 146 Å². The Morgan fingerprint density at radius 2 is 0.977 bits per heavy atom. The number of aryl methyl sites for hydroxylation is 1. The van der Waals surface area contributed by atoms with Gasteiger partial charge in [0, 0.05) is 10.5 Å². The molecule has 0 atom stereocenters. The molecule has 0 spiro atoms. The molecule has 43 heavy (non-hydrogen) atoms. The SMILES string of the molecule is Cc1ccc(-c2nc([P+](c3ccccc3)(c3ccccc3)c3ccccc3)c(Sc3ccccc3)o2)cc1.[O-][Cl+3]([O-])([O-])[O-]. The molecule has 0 N–H and O–H groups in total. The molecule has 1 heterocycles. The molecule has 0 aliphatic carbocycles. The molecule has 6 aromatic rings. The monoisotopic (exact) mass is 627 g/mol. The number of rotatable bonds is 7.